The van der Waals surface area contributed by atoms with Gasteiger partial charge in [-0.3, -0.25) is 4.79 Å². The number of aromatic nitrogens is 3. The number of ether oxygens (including phenoxy) is 1. The fourth-order valence-corrected chi connectivity index (χ4v) is 4.53. The maximum Gasteiger partial charge on any atom is 0.323 e. The van der Waals surface area contributed by atoms with Crippen molar-refractivity contribution in [3.63, 3.8) is 0 Å². The van der Waals surface area contributed by atoms with Gasteiger partial charge in [-0.05, 0) is 62.6 Å². The monoisotopic (exact) mass is 582 g/mol. The number of nitrogens with zero attached hydrogens (tertiary/aromatic N) is 5. The molecule has 1 fully saturated rings. The molecule has 14 heteroatoms. The summed E-state index contributed by atoms with van der Waals surface area (Å²) in [4.78, 5) is 42.0. The van der Waals surface area contributed by atoms with Crippen LogP contribution in [-0.2, 0) is 20.3 Å². The molecule has 0 unspecified atom stereocenters. The minimum Gasteiger partial charge on any atom is -0.378 e. The summed E-state index contributed by atoms with van der Waals surface area (Å²) >= 11 is 0. The summed E-state index contributed by atoms with van der Waals surface area (Å²) in [6, 6.07) is 13.0. The molecular formula is C27H34N8O5S. The van der Waals surface area contributed by atoms with Crippen LogP contribution in [0.2, 0.25) is 0 Å². The van der Waals surface area contributed by atoms with Crippen molar-refractivity contribution in [3.8, 4) is 11.4 Å². The third-order valence-electron chi connectivity index (χ3n) is 6.01. The molecule has 3 aromatic rings. The van der Waals surface area contributed by atoms with Gasteiger partial charge in [-0.25, -0.2) is 18.2 Å². The molecular weight excluding hydrogens is 548 g/mol. The van der Waals surface area contributed by atoms with Crippen molar-refractivity contribution >= 4 is 39.1 Å². The molecule has 0 bridgehead atoms. The number of carbonyl (C=O) groups is 2. The Balaban J connectivity index is 1.40. The number of benzene rings is 2. The van der Waals surface area contributed by atoms with Crippen molar-refractivity contribution in [3.05, 3.63) is 59.9 Å². The number of hydrogen-bond acceptors (Lipinski definition) is 10. The van der Waals surface area contributed by atoms with E-state index in [0.29, 0.717) is 67.1 Å². The van der Waals surface area contributed by atoms with Gasteiger partial charge in [0.15, 0.2) is 15.7 Å². The van der Waals surface area contributed by atoms with Gasteiger partial charge in [-0.2, -0.15) is 9.97 Å². The van der Waals surface area contributed by atoms with Gasteiger partial charge in [-0.1, -0.05) is 0 Å². The summed E-state index contributed by atoms with van der Waals surface area (Å²) < 4.78 is 29.2. The van der Waals surface area contributed by atoms with Gasteiger partial charge in [0.25, 0.3) is 5.91 Å². The van der Waals surface area contributed by atoms with E-state index in [2.05, 4.69) is 30.9 Å². The molecule has 0 spiro atoms. The van der Waals surface area contributed by atoms with Crippen LogP contribution in [0.4, 0.5) is 22.1 Å². The Labute approximate surface area is 239 Å². The number of rotatable bonds is 10. The van der Waals surface area contributed by atoms with Gasteiger partial charge in [0, 0.05) is 54.9 Å². The van der Waals surface area contributed by atoms with Crippen LogP contribution < -0.4 is 20.9 Å². The molecule has 41 heavy (non-hydrogen) atoms. The highest BCUT2D eigenvalue weighted by Crippen LogP contribution is 2.22. The first-order chi connectivity index (χ1) is 19.6. The molecule has 1 aromatic heterocycles. The van der Waals surface area contributed by atoms with Crippen molar-refractivity contribution in [2.24, 2.45) is 0 Å². The van der Waals surface area contributed by atoms with Crippen molar-refractivity contribution in [2.75, 3.05) is 75.3 Å². The second-order valence-corrected chi connectivity index (χ2v) is 12.0. The lowest BCUT2D eigenvalue weighted by molar-refractivity contribution is 0.0951. The number of likely N-dealkylation sites (N-methyl/N-ethyl adjacent to an activating group) is 1. The highest BCUT2D eigenvalue weighted by molar-refractivity contribution is 7.89. The summed E-state index contributed by atoms with van der Waals surface area (Å²) in [5, 5.41) is 8.35. The maximum absolute atomic E-state index is 12.5. The molecule has 0 atom stereocenters. The Morgan fingerprint density at radius 1 is 0.927 bits per heavy atom. The zero-order valence-corrected chi connectivity index (χ0v) is 24.1. The summed E-state index contributed by atoms with van der Waals surface area (Å²) in [5.41, 5.74) is 2.20. The average Bonchev–Trinajstić information content (AvgIpc) is 2.93. The molecule has 1 aliphatic rings. The van der Waals surface area contributed by atoms with Crippen LogP contribution in [0.5, 0.6) is 0 Å². The summed E-state index contributed by atoms with van der Waals surface area (Å²) in [5.74, 6) is 0.415. The maximum atomic E-state index is 12.5. The van der Waals surface area contributed by atoms with Gasteiger partial charge in [0.1, 0.15) is 11.6 Å². The summed E-state index contributed by atoms with van der Waals surface area (Å²) in [6.07, 6.45) is 1.13. The van der Waals surface area contributed by atoms with Crippen molar-refractivity contribution < 1.29 is 22.7 Å². The van der Waals surface area contributed by atoms with Crippen molar-refractivity contribution in [1.29, 1.82) is 0 Å². The molecule has 218 valence electrons. The van der Waals surface area contributed by atoms with Gasteiger partial charge in [-0.15, -0.1) is 0 Å². The number of anilines is 3. The number of sulfone groups is 1. The number of morpholine rings is 1. The van der Waals surface area contributed by atoms with Crippen LogP contribution in [-0.4, -0.2) is 100.0 Å². The second kappa shape index (κ2) is 13.5. The number of urea groups is 1. The first-order valence-electron chi connectivity index (χ1n) is 13.0. The van der Waals surface area contributed by atoms with Gasteiger partial charge < -0.3 is 30.5 Å². The molecule has 1 saturated heterocycles. The topological polar surface area (TPSA) is 159 Å². The normalized spacial score (nSPS) is 13.6. The minimum atomic E-state index is -3.36. The first-order valence-corrected chi connectivity index (χ1v) is 15.1. The molecule has 3 amide bonds. The second-order valence-electron chi connectivity index (χ2n) is 9.84. The molecule has 0 saturated carbocycles. The molecule has 2 aromatic carbocycles. The lowest BCUT2D eigenvalue weighted by Crippen LogP contribution is -2.37. The number of amides is 3. The van der Waals surface area contributed by atoms with Gasteiger partial charge >= 0.3 is 6.03 Å². The zero-order valence-electron chi connectivity index (χ0n) is 23.3. The molecule has 2 heterocycles. The predicted octanol–water partition coefficient (Wildman–Crippen LogP) is 1.86. The quantitative estimate of drug-likeness (QED) is 0.322. The summed E-state index contributed by atoms with van der Waals surface area (Å²) in [7, 11) is 0.512. The molecule has 0 aliphatic carbocycles. The van der Waals surface area contributed by atoms with Crippen LogP contribution in [0.25, 0.3) is 11.4 Å². The van der Waals surface area contributed by atoms with Crippen molar-refractivity contribution in [2.45, 2.75) is 5.75 Å². The van der Waals surface area contributed by atoms with E-state index in [1.54, 1.807) is 48.5 Å². The van der Waals surface area contributed by atoms with Crippen LogP contribution in [0.15, 0.2) is 48.5 Å². The lowest BCUT2D eigenvalue weighted by Gasteiger charge is -2.27. The fourth-order valence-electron chi connectivity index (χ4n) is 3.94. The Morgan fingerprint density at radius 2 is 1.54 bits per heavy atom. The zero-order chi connectivity index (χ0) is 29.4. The average molecular weight is 583 g/mol. The van der Waals surface area contributed by atoms with Crippen LogP contribution in [0.1, 0.15) is 16.2 Å². The SMILES string of the molecule is CN(C)CCNC(=O)c1ccc(NC(=O)Nc2ccc(-c3nc(CS(C)(=O)=O)nc(N4CCOCC4)n3)cc2)cc1. The highest BCUT2D eigenvalue weighted by atomic mass is 32.2. The molecule has 3 N–H and O–H groups in total. The molecule has 13 nitrogen and oxygen atoms in total. The van der Waals surface area contributed by atoms with E-state index in [0.717, 1.165) is 12.8 Å². The Kier molecular flexibility index (Phi) is 9.81. The fraction of sp³-hybridized carbons (Fsp3) is 0.370. The smallest absolute Gasteiger partial charge is 0.323 e. The van der Waals surface area contributed by atoms with E-state index in [4.69, 9.17) is 4.74 Å². The Bertz CT molecular complexity index is 1460. The van der Waals surface area contributed by atoms with E-state index in [1.807, 2.05) is 23.9 Å². The van der Waals surface area contributed by atoms with Crippen LogP contribution in [0.3, 0.4) is 0 Å². The Hall–Kier alpha value is -4.14. The van der Waals surface area contributed by atoms with E-state index in [1.165, 1.54) is 0 Å². The lowest BCUT2D eigenvalue weighted by atomic mass is 10.2. The highest BCUT2D eigenvalue weighted by Gasteiger charge is 2.19. The Morgan fingerprint density at radius 3 is 2.12 bits per heavy atom. The molecule has 1 aliphatic heterocycles. The third kappa shape index (κ3) is 9.20. The van der Waals surface area contributed by atoms with E-state index in [9.17, 15) is 18.0 Å². The third-order valence-corrected chi connectivity index (χ3v) is 6.79. The standard InChI is InChI=1S/C27H34N8O5S/c1-34(2)13-12-28-25(36)20-6-10-22(11-7-20)30-27(37)29-21-8-4-19(5-9-21)24-31-23(18-41(3,38)39)32-26(33-24)35-14-16-40-17-15-35/h4-11H,12-18H2,1-3H3,(H,28,36)(H2,29,30,37). The van der Waals surface area contributed by atoms with Crippen molar-refractivity contribution in [1.82, 2.24) is 25.2 Å². The van der Waals surface area contributed by atoms with Crippen LogP contribution >= 0.6 is 0 Å². The van der Waals surface area contributed by atoms with Gasteiger partial charge in [0.05, 0.1) is 13.2 Å². The number of carbonyl (C=O) groups excluding carboxylic acids is 2. The number of nitrogens with one attached hydrogen (secondary N) is 3. The largest absolute Gasteiger partial charge is 0.378 e. The van der Waals surface area contributed by atoms with Crippen LogP contribution in [0, 0.1) is 0 Å². The van der Waals surface area contributed by atoms with E-state index >= 15 is 0 Å². The van der Waals surface area contributed by atoms with E-state index in [-0.39, 0.29) is 17.5 Å². The molecule has 0 radical (unpaired) electrons. The minimum absolute atomic E-state index is 0.164. The number of hydrogen-bond donors (Lipinski definition) is 3. The predicted molar refractivity (Wildman–Crippen MR) is 157 cm³/mol. The first kappa shape index (κ1) is 29.8. The van der Waals surface area contributed by atoms with E-state index < -0.39 is 15.9 Å². The molecule has 4 rings (SSSR count). The summed E-state index contributed by atoms with van der Waals surface area (Å²) in [6.45, 7) is 3.51. The van der Waals surface area contributed by atoms with Gasteiger partial charge in [0.2, 0.25) is 5.95 Å².